The molecule has 0 bridgehead atoms. The molecule has 0 unspecified atom stereocenters. The van der Waals surface area contributed by atoms with E-state index in [9.17, 15) is 0 Å². The molecule has 0 N–H and O–H groups in total. The first-order chi connectivity index (χ1) is 6.27. The Morgan fingerprint density at radius 1 is 1.69 bits per heavy atom. The molecule has 3 atom stereocenters. The SMILES string of the molecule is CC[C@H](C)[C@H]1CO[C@H](CN=[N+]=[N-])C1. The highest BCUT2D eigenvalue weighted by Gasteiger charge is 2.27. The number of nitrogens with zero attached hydrogens (tertiary/aromatic N) is 3. The molecule has 0 aromatic heterocycles. The first-order valence-electron chi connectivity index (χ1n) is 4.90. The minimum atomic E-state index is 0.162. The van der Waals surface area contributed by atoms with Gasteiger partial charge in [-0.25, -0.2) is 0 Å². The largest absolute Gasteiger partial charge is 0.378 e. The van der Waals surface area contributed by atoms with Gasteiger partial charge in [0.2, 0.25) is 0 Å². The number of rotatable bonds is 4. The van der Waals surface area contributed by atoms with Gasteiger partial charge in [0.05, 0.1) is 19.3 Å². The molecule has 0 aromatic rings. The summed E-state index contributed by atoms with van der Waals surface area (Å²) in [5, 5.41) is 3.53. The monoisotopic (exact) mass is 183 g/mol. The standard InChI is InChI=1S/C9H17N3O/c1-3-7(2)8-4-9(13-6-8)5-11-12-10/h7-9H,3-6H2,1-2H3/t7-,8+,9-/m0/s1. The Balaban J connectivity index is 2.31. The third kappa shape index (κ3) is 2.90. The fraction of sp³-hybridized carbons (Fsp3) is 1.00. The topological polar surface area (TPSA) is 58.0 Å². The van der Waals surface area contributed by atoms with Gasteiger partial charge in [-0.2, -0.15) is 0 Å². The maximum absolute atomic E-state index is 8.15. The van der Waals surface area contributed by atoms with E-state index in [-0.39, 0.29) is 6.10 Å². The molecule has 4 nitrogen and oxygen atoms in total. The van der Waals surface area contributed by atoms with Crippen LogP contribution in [0.1, 0.15) is 26.7 Å². The predicted molar refractivity (Wildman–Crippen MR) is 51.3 cm³/mol. The molecule has 0 aliphatic carbocycles. The Bertz CT molecular complexity index is 201. The van der Waals surface area contributed by atoms with E-state index in [1.807, 2.05) is 0 Å². The number of hydrogen-bond acceptors (Lipinski definition) is 2. The van der Waals surface area contributed by atoms with Crippen molar-refractivity contribution >= 4 is 0 Å². The van der Waals surface area contributed by atoms with Crippen molar-refractivity contribution in [2.24, 2.45) is 17.0 Å². The molecule has 74 valence electrons. The fourth-order valence-corrected chi connectivity index (χ4v) is 1.72. The smallest absolute Gasteiger partial charge is 0.0635 e. The number of azide groups is 1. The first kappa shape index (κ1) is 10.4. The van der Waals surface area contributed by atoms with E-state index < -0.39 is 0 Å². The Morgan fingerprint density at radius 2 is 2.46 bits per heavy atom. The summed E-state index contributed by atoms with van der Waals surface area (Å²) in [6, 6.07) is 0. The van der Waals surface area contributed by atoms with Crippen LogP contribution in [-0.2, 0) is 4.74 Å². The predicted octanol–water partition coefficient (Wildman–Crippen LogP) is 2.75. The normalized spacial score (nSPS) is 29.7. The van der Waals surface area contributed by atoms with Crippen LogP contribution in [0.25, 0.3) is 10.4 Å². The average molecular weight is 183 g/mol. The van der Waals surface area contributed by atoms with Crippen LogP contribution >= 0.6 is 0 Å². The fourth-order valence-electron chi connectivity index (χ4n) is 1.72. The van der Waals surface area contributed by atoms with Crippen LogP contribution in [0.15, 0.2) is 5.11 Å². The maximum Gasteiger partial charge on any atom is 0.0635 e. The van der Waals surface area contributed by atoms with Crippen LogP contribution in [0.3, 0.4) is 0 Å². The van der Waals surface area contributed by atoms with E-state index in [0.29, 0.717) is 12.5 Å². The van der Waals surface area contributed by atoms with E-state index >= 15 is 0 Å². The Morgan fingerprint density at radius 3 is 3.08 bits per heavy atom. The minimum absolute atomic E-state index is 0.162. The molecule has 13 heavy (non-hydrogen) atoms. The van der Waals surface area contributed by atoms with E-state index in [4.69, 9.17) is 10.3 Å². The molecule has 1 aliphatic heterocycles. The van der Waals surface area contributed by atoms with Crippen LogP contribution in [0.2, 0.25) is 0 Å². The van der Waals surface area contributed by atoms with Crippen LogP contribution in [0.4, 0.5) is 0 Å². The zero-order chi connectivity index (χ0) is 9.68. The van der Waals surface area contributed by atoms with Crippen molar-refractivity contribution in [1.82, 2.24) is 0 Å². The summed E-state index contributed by atoms with van der Waals surface area (Å²) in [6.07, 6.45) is 2.41. The van der Waals surface area contributed by atoms with Crippen molar-refractivity contribution in [1.29, 1.82) is 0 Å². The van der Waals surface area contributed by atoms with Crippen LogP contribution < -0.4 is 0 Å². The Kier molecular flexibility index (Phi) is 4.06. The molecule has 0 aromatic carbocycles. The second-order valence-electron chi connectivity index (χ2n) is 3.75. The highest BCUT2D eigenvalue weighted by atomic mass is 16.5. The number of ether oxygens (including phenoxy) is 1. The summed E-state index contributed by atoms with van der Waals surface area (Å²) in [5.41, 5.74) is 8.15. The molecule has 0 spiro atoms. The van der Waals surface area contributed by atoms with Crippen molar-refractivity contribution < 1.29 is 4.74 Å². The van der Waals surface area contributed by atoms with Gasteiger partial charge >= 0.3 is 0 Å². The van der Waals surface area contributed by atoms with Gasteiger partial charge in [0.15, 0.2) is 0 Å². The lowest BCUT2D eigenvalue weighted by Crippen LogP contribution is -2.12. The molecule has 1 heterocycles. The molecule has 1 fully saturated rings. The second kappa shape index (κ2) is 5.10. The quantitative estimate of drug-likeness (QED) is 0.375. The number of hydrogen-bond donors (Lipinski definition) is 0. The first-order valence-corrected chi connectivity index (χ1v) is 4.90. The summed E-state index contributed by atoms with van der Waals surface area (Å²) >= 11 is 0. The molecule has 1 aliphatic rings. The molecule has 4 heteroatoms. The average Bonchev–Trinajstić information content (AvgIpc) is 2.62. The van der Waals surface area contributed by atoms with Crippen molar-refractivity contribution in [2.45, 2.75) is 32.8 Å². The van der Waals surface area contributed by atoms with Gasteiger partial charge in [0.1, 0.15) is 0 Å². The zero-order valence-corrected chi connectivity index (χ0v) is 8.31. The molecule has 0 saturated carbocycles. The Hall–Kier alpha value is -0.730. The third-order valence-electron chi connectivity index (χ3n) is 2.91. The van der Waals surface area contributed by atoms with Crippen molar-refractivity contribution in [3.05, 3.63) is 10.4 Å². The van der Waals surface area contributed by atoms with Gasteiger partial charge in [-0.05, 0) is 23.8 Å². The van der Waals surface area contributed by atoms with E-state index in [2.05, 4.69) is 23.9 Å². The lowest BCUT2D eigenvalue weighted by atomic mass is 9.90. The van der Waals surface area contributed by atoms with E-state index in [0.717, 1.165) is 18.9 Å². The molecule has 0 radical (unpaired) electrons. The van der Waals surface area contributed by atoms with Gasteiger partial charge in [0.25, 0.3) is 0 Å². The van der Waals surface area contributed by atoms with Gasteiger partial charge in [0, 0.05) is 4.91 Å². The second-order valence-corrected chi connectivity index (χ2v) is 3.75. The molecule has 0 amide bonds. The summed E-state index contributed by atoms with van der Waals surface area (Å²) < 4.78 is 5.53. The van der Waals surface area contributed by atoms with E-state index in [1.54, 1.807) is 0 Å². The van der Waals surface area contributed by atoms with Crippen LogP contribution in [0.5, 0.6) is 0 Å². The molecule has 1 rings (SSSR count). The molecule has 1 saturated heterocycles. The maximum atomic E-state index is 8.15. The van der Waals surface area contributed by atoms with Crippen LogP contribution in [0, 0.1) is 11.8 Å². The summed E-state index contributed by atoms with van der Waals surface area (Å²) in [6.45, 7) is 5.78. The summed E-state index contributed by atoms with van der Waals surface area (Å²) in [4.78, 5) is 2.73. The van der Waals surface area contributed by atoms with Crippen molar-refractivity contribution in [3.8, 4) is 0 Å². The van der Waals surface area contributed by atoms with Gasteiger partial charge < -0.3 is 4.74 Å². The van der Waals surface area contributed by atoms with Gasteiger partial charge in [-0.3, -0.25) is 0 Å². The summed E-state index contributed by atoms with van der Waals surface area (Å²) in [5.74, 6) is 1.37. The lowest BCUT2D eigenvalue weighted by Gasteiger charge is -2.14. The van der Waals surface area contributed by atoms with Crippen molar-refractivity contribution in [2.75, 3.05) is 13.2 Å². The Labute approximate surface area is 78.9 Å². The van der Waals surface area contributed by atoms with Crippen molar-refractivity contribution in [3.63, 3.8) is 0 Å². The third-order valence-corrected chi connectivity index (χ3v) is 2.91. The zero-order valence-electron chi connectivity index (χ0n) is 8.31. The van der Waals surface area contributed by atoms with Gasteiger partial charge in [-0.15, -0.1) is 0 Å². The highest BCUT2D eigenvalue weighted by molar-refractivity contribution is 4.78. The molecular formula is C9H17N3O. The van der Waals surface area contributed by atoms with Crippen LogP contribution in [-0.4, -0.2) is 19.3 Å². The van der Waals surface area contributed by atoms with Gasteiger partial charge in [-0.1, -0.05) is 25.4 Å². The minimum Gasteiger partial charge on any atom is -0.378 e. The molecular weight excluding hydrogens is 166 g/mol. The van der Waals surface area contributed by atoms with E-state index in [1.165, 1.54) is 6.42 Å². The highest BCUT2D eigenvalue weighted by Crippen LogP contribution is 2.28. The summed E-state index contributed by atoms with van der Waals surface area (Å²) in [7, 11) is 0. The lowest BCUT2D eigenvalue weighted by molar-refractivity contribution is 0.108.